The van der Waals surface area contributed by atoms with Crippen molar-refractivity contribution in [2.24, 2.45) is 11.8 Å². The Bertz CT molecular complexity index is 790. The molecule has 2 aliphatic rings. The number of para-hydroxylation sites is 2. The van der Waals surface area contributed by atoms with Gasteiger partial charge in [0.25, 0.3) is 0 Å². The van der Waals surface area contributed by atoms with Gasteiger partial charge in [-0.05, 0) is 37.1 Å². The van der Waals surface area contributed by atoms with E-state index in [1.165, 1.54) is 0 Å². The highest BCUT2D eigenvalue weighted by atomic mass is 32.2. The number of carboxylic acids is 1. The van der Waals surface area contributed by atoms with Gasteiger partial charge in [0, 0.05) is 9.79 Å². The van der Waals surface area contributed by atoms with Crippen LogP contribution in [0, 0.1) is 11.8 Å². The normalized spacial score (nSPS) is 22.0. The number of nitrogens with zero attached hydrogens (tertiary/aromatic N) is 1. The summed E-state index contributed by atoms with van der Waals surface area (Å²) in [7, 11) is 0. The van der Waals surface area contributed by atoms with E-state index in [-0.39, 0.29) is 5.91 Å². The van der Waals surface area contributed by atoms with Crippen LogP contribution in [-0.2, 0) is 9.59 Å². The molecule has 1 saturated carbocycles. The molecule has 2 atom stereocenters. The third kappa shape index (κ3) is 2.82. The molecule has 4 rings (SSSR count). The number of anilines is 2. The lowest BCUT2D eigenvalue weighted by molar-refractivity contribution is -0.148. The van der Waals surface area contributed by atoms with Crippen molar-refractivity contribution >= 4 is 35.0 Å². The van der Waals surface area contributed by atoms with Crippen LogP contribution in [0.3, 0.4) is 0 Å². The van der Waals surface area contributed by atoms with Crippen LogP contribution >= 0.6 is 11.8 Å². The second-order valence-corrected chi connectivity index (χ2v) is 7.63. The second-order valence-electron chi connectivity index (χ2n) is 6.55. The topological polar surface area (TPSA) is 57.6 Å². The van der Waals surface area contributed by atoms with Gasteiger partial charge in [-0.1, -0.05) is 48.9 Å². The molecule has 0 bridgehead atoms. The lowest BCUT2D eigenvalue weighted by atomic mass is 9.78. The summed E-state index contributed by atoms with van der Waals surface area (Å²) in [4.78, 5) is 28.9. The van der Waals surface area contributed by atoms with Crippen molar-refractivity contribution in [1.29, 1.82) is 0 Å². The maximum absolute atomic E-state index is 13.4. The molecular weight excluding hydrogens is 334 g/mol. The Kier molecular flexibility index (Phi) is 4.25. The number of fused-ring (bicyclic) bond motifs is 2. The minimum Gasteiger partial charge on any atom is -0.481 e. The Morgan fingerprint density at radius 3 is 1.96 bits per heavy atom. The minimum atomic E-state index is -0.856. The summed E-state index contributed by atoms with van der Waals surface area (Å²) in [6, 6.07) is 15.7. The molecule has 1 N–H and O–H groups in total. The molecule has 1 aliphatic heterocycles. The van der Waals surface area contributed by atoms with Crippen LogP contribution < -0.4 is 4.90 Å². The van der Waals surface area contributed by atoms with Crippen LogP contribution in [0.15, 0.2) is 58.3 Å². The summed E-state index contributed by atoms with van der Waals surface area (Å²) in [5.74, 6) is -2.00. The van der Waals surface area contributed by atoms with E-state index >= 15 is 0 Å². The molecule has 1 heterocycles. The molecule has 1 aliphatic carbocycles. The number of amides is 1. The van der Waals surface area contributed by atoms with E-state index in [0.717, 1.165) is 34.0 Å². The predicted octanol–water partition coefficient (Wildman–Crippen LogP) is 4.71. The number of hydrogen-bond acceptors (Lipinski definition) is 3. The molecule has 0 saturated heterocycles. The number of carbonyl (C=O) groups is 2. The summed E-state index contributed by atoms with van der Waals surface area (Å²) >= 11 is 1.65. The number of hydrogen-bond donors (Lipinski definition) is 1. The van der Waals surface area contributed by atoms with Crippen molar-refractivity contribution in [3.05, 3.63) is 48.5 Å². The third-order valence-corrected chi connectivity index (χ3v) is 6.18. The van der Waals surface area contributed by atoms with E-state index in [1.54, 1.807) is 16.7 Å². The third-order valence-electron chi connectivity index (χ3n) is 5.05. The number of carbonyl (C=O) groups excluding carboxylic acids is 1. The van der Waals surface area contributed by atoms with Gasteiger partial charge in [0.15, 0.2) is 0 Å². The predicted molar refractivity (Wildman–Crippen MR) is 97.2 cm³/mol. The summed E-state index contributed by atoms with van der Waals surface area (Å²) in [6.07, 6.45) is 3.01. The molecule has 0 radical (unpaired) electrons. The van der Waals surface area contributed by atoms with Crippen molar-refractivity contribution < 1.29 is 14.7 Å². The molecule has 1 amide bonds. The highest BCUT2D eigenvalue weighted by molar-refractivity contribution is 7.99. The Hall–Kier alpha value is -2.27. The fourth-order valence-corrected chi connectivity index (χ4v) is 4.89. The van der Waals surface area contributed by atoms with Crippen LogP contribution in [0.25, 0.3) is 0 Å². The Balaban J connectivity index is 1.79. The lowest BCUT2D eigenvalue weighted by Crippen LogP contribution is -2.41. The van der Waals surface area contributed by atoms with Crippen LogP contribution in [0.1, 0.15) is 25.7 Å². The lowest BCUT2D eigenvalue weighted by Gasteiger charge is -2.36. The number of benzene rings is 2. The average molecular weight is 353 g/mol. The molecular formula is C20H19NO3S. The van der Waals surface area contributed by atoms with Crippen molar-refractivity contribution in [3.8, 4) is 0 Å². The number of carboxylic acid groups (broad SMARTS) is 1. The number of aliphatic carboxylic acids is 1. The Morgan fingerprint density at radius 2 is 1.40 bits per heavy atom. The zero-order valence-corrected chi connectivity index (χ0v) is 14.5. The first kappa shape index (κ1) is 16.2. The molecule has 2 aromatic carbocycles. The van der Waals surface area contributed by atoms with Gasteiger partial charge in [-0.15, -0.1) is 0 Å². The van der Waals surface area contributed by atoms with Gasteiger partial charge in [0.1, 0.15) is 0 Å². The molecule has 0 aromatic heterocycles. The molecule has 2 unspecified atom stereocenters. The van der Waals surface area contributed by atoms with Crippen LogP contribution in [0.2, 0.25) is 0 Å². The molecule has 4 nitrogen and oxygen atoms in total. The van der Waals surface area contributed by atoms with Crippen molar-refractivity contribution in [3.63, 3.8) is 0 Å². The highest BCUT2D eigenvalue weighted by Gasteiger charge is 2.40. The highest BCUT2D eigenvalue weighted by Crippen LogP contribution is 2.49. The van der Waals surface area contributed by atoms with E-state index in [9.17, 15) is 14.7 Å². The molecule has 1 fully saturated rings. The van der Waals surface area contributed by atoms with E-state index in [4.69, 9.17) is 0 Å². The van der Waals surface area contributed by atoms with Gasteiger partial charge in [0.05, 0.1) is 23.2 Å². The quantitative estimate of drug-likeness (QED) is 0.850. The van der Waals surface area contributed by atoms with Crippen LogP contribution in [-0.4, -0.2) is 17.0 Å². The monoisotopic (exact) mass is 353 g/mol. The van der Waals surface area contributed by atoms with E-state index in [0.29, 0.717) is 12.8 Å². The van der Waals surface area contributed by atoms with E-state index < -0.39 is 17.8 Å². The average Bonchev–Trinajstić information content (AvgIpc) is 2.65. The summed E-state index contributed by atoms with van der Waals surface area (Å²) in [5, 5.41) is 9.57. The maximum Gasteiger partial charge on any atom is 0.307 e. The fourth-order valence-electron chi connectivity index (χ4n) is 3.83. The van der Waals surface area contributed by atoms with Gasteiger partial charge in [-0.3, -0.25) is 14.5 Å². The second kappa shape index (κ2) is 6.56. The van der Waals surface area contributed by atoms with Crippen molar-refractivity contribution in [1.82, 2.24) is 0 Å². The Morgan fingerprint density at radius 1 is 0.880 bits per heavy atom. The summed E-state index contributed by atoms with van der Waals surface area (Å²) in [5.41, 5.74) is 1.71. The van der Waals surface area contributed by atoms with Crippen molar-refractivity contribution in [2.45, 2.75) is 35.5 Å². The minimum absolute atomic E-state index is 0.0905. The fraction of sp³-hybridized carbons (Fsp3) is 0.300. The Labute approximate surface area is 150 Å². The number of rotatable bonds is 2. The van der Waals surface area contributed by atoms with Crippen LogP contribution in [0.5, 0.6) is 0 Å². The van der Waals surface area contributed by atoms with E-state index in [2.05, 4.69) is 0 Å². The SMILES string of the molecule is O=C(O)C1CCCCC1C(=O)N1c2ccccc2Sc2ccccc21. The molecule has 128 valence electrons. The first-order valence-electron chi connectivity index (χ1n) is 8.59. The summed E-state index contributed by atoms with van der Waals surface area (Å²) < 4.78 is 0. The van der Waals surface area contributed by atoms with E-state index in [1.807, 2.05) is 48.5 Å². The molecule has 0 spiro atoms. The summed E-state index contributed by atoms with van der Waals surface area (Å²) in [6.45, 7) is 0. The standard InChI is InChI=1S/C20H19NO3S/c22-19(13-7-1-2-8-14(13)20(23)24)21-15-9-3-5-11-17(15)25-18-12-6-4-10-16(18)21/h3-6,9-14H,1-2,7-8H2,(H,23,24). The van der Waals surface area contributed by atoms with Gasteiger partial charge in [0.2, 0.25) is 5.91 Å². The molecule has 5 heteroatoms. The molecule has 2 aromatic rings. The van der Waals surface area contributed by atoms with Gasteiger partial charge in [-0.2, -0.15) is 0 Å². The van der Waals surface area contributed by atoms with Crippen molar-refractivity contribution in [2.75, 3.05) is 4.90 Å². The molecule has 25 heavy (non-hydrogen) atoms. The van der Waals surface area contributed by atoms with Gasteiger partial charge >= 0.3 is 5.97 Å². The first-order chi connectivity index (χ1) is 12.2. The zero-order valence-electron chi connectivity index (χ0n) is 13.7. The van der Waals surface area contributed by atoms with Gasteiger partial charge in [-0.25, -0.2) is 0 Å². The zero-order chi connectivity index (χ0) is 17.4. The van der Waals surface area contributed by atoms with Gasteiger partial charge < -0.3 is 5.11 Å². The maximum atomic E-state index is 13.4. The largest absolute Gasteiger partial charge is 0.481 e. The smallest absolute Gasteiger partial charge is 0.307 e. The first-order valence-corrected chi connectivity index (χ1v) is 9.41. The van der Waals surface area contributed by atoms with Crippen LogP contribution in [0.4, 0.5) is 11.4 Å².